The Morgan fingerprint density at radius 1 is 0.556 bits per heavy atom. The van der Waals surface area contributed by atoms with Gasteiger partial charge in [0.15, 0.2) is 11.5 Å². The molecule has 0 aromatic heterocycles. The molecule has 0 aliphatic carbocycles. The molecule has 0 amide bonds. The van der Waals surface area contributed by atoms with Gasteiger partial charge in [0, 0.05) is 16.2 Å². The van der Waals surface area contributed by atoms with Crippen molar-refractivity contribution in [3.05, 3.63) is 36.4 Å². The maximum absolute atomic E-state index is 10.2. The average molecular weight is 242 g/mol. The van der Waals surface area contributed by atoms with Crippen LogP contribution in [0.2, 0.25) is 0 Å². The van der Waals surface area contributed by atoms with Gasteiger partial charge in [-0.05, 0) is 12.1 Å². The third-order valence-electron chi connectivity index (χ3n) is 3.09. The Morgan fingerprint density at radius 2 is 1.17 bits per heavy atom. The highest BCUT2D eigenvalue weighted by Gasteiger charge is 2.17. The molecule has 90 valence electrons. The molecular formula is C14H10O4. The van der Waals surface area contributed by atoms with Crippen LogP contribution in [-0.4, -0.2) is 20.4 Å². The largest absolute Gasteiger partial charge is 0.507 e. The van der Waals surface area contributed by atoms with Gasteiger partial charge in [0.05, 0.1) is 5.39 Å². The molecule has 0 aliphatic rings. The van der Waals surface area contributed by atoms with Crippen LogP contribution in [0.5, 0.6) is 23.0 Å². The van der Waals surface area contributed by atoms with Gasteiger partial charge in [-0.25, -0.2) is 0 Å². The lowest BCUT2D eigenvalue weighted by Crippen LogP contribution is -1.82. The van der Waals surface area contributed by atoms with Crippen LogP contribution in [0.1, 0.15) is 0 Å². The van der Waals surface area contributed by atoms with Gasteiger partial charge in [0.1, 0.15) is 11.5 Å². The normalized spacial score (nSPS) is 11.1. The first-order valence-corrected chi connectivity index (χ1v) is 5.38. The Morgan fingerprint density at radius 3 is 1.83 bits per heavy atom. The van der Waals surface area contributed by atoms with Crippen LogP contribution < -0.4 is 0 Å². The summed E-state index contributed by atoms with van der Waals surface area (Å²) in [5.74, 6) is -0.973. The van der Waals surface area contributed by atoms with Crippen molar-refractivity contribution in [2.24, 2.45) is 0 Å². The third kappa shape index (κ3) is 1.20. The zero-order chi connectivity index (χ0) is 12.9. The summed E-state index contributed by atoms with van der Waals surface area (Å²) in [6.45, 7) is 0. The van der Waals surface area contributed by atoms with Crippen molar-refractivity contribution in [3.8, 4) is 23.0 Å². The predicted octanol–water partition coefficient (Wildman–Crippen LogP) is 2.82. The first-order chi connectivity index (χ1) is 8.61. The van der Waals surface area contributed by atoms with Crippen molar-refractivity contribution < 1.29 is 20.4 Å². The summed E-state index contributed by atoms with van der Waals surface area (Å²) in [7, 11) is 0. The van der Waals surface area contributed by atoms with Crippen molar-refractivity contribution in [2.75, 3.05) is 0 Å². The van der Waals surface area contributed by atoms with Crippen molar-refractivity contribution in [1.29, 1.82) is 0 Å². The number of benzene rings is 3. The number of hydrogen-bond donors (Lipinski definition) is 4. The van der Waals surface area contributed by atoms with Crippen molar-refractivity contribution >= 4 is 21.5 Å². The van der Waals surface area contributed by atoms with E-state index in [2.05, 4.69) is 0 Å². The van der Waals surface area contributed by atoms with Gasteiger partial charge in [-0.1, -0.05) is 24.3 Å². The van der Waals surface area contributed by atoms with Gasteiger partial charge >= 0.3 is 0 Å². The fourth-order valence-electron chi connectivity index (χ4n) is 2.19. The van der Waals surface area contributed by atoms with Gasteiger partial charge in [-0.2, -0.15) is 0 Å². The van der Waals surface area contributed by atoms with Crippen LogP contribution in [0.15, 0.2) is 36.4 Å². The molecule has 4 N–H and O–H groups in total. The van der Waals surface area contributed by atoms with E-state index in [9.17, 15) is 20.4 Å². The van der Waals surface area contributed by atoms with Crippen LogP contribution in [0.25, 0.3) is 21.5 Å². The maximum atomic E-state index is 10.2. The summed E-state index contributed by atoms with van der Waals surface area (Å²) in [6.07, 6.45) is 0. The van der Waals surface area contributed by atoms with E-state index in [0.717, 1.165) is 0 Å². The Hall–Kier alpha value is -2.62. The molecule has 0 aliphatic heterocycles. The van der Waals surface area contributed by atoms with Crippen molar-refractivity contribution in [3.63, 3.8) is 0 Å². The lowest BCUT2D eigenvalue weighted by Gasteiger charge is -2.11. The molecular weight excluding hydrogens is 232 g/mol. The highest BCUT2D eigenvalue weighted by molar-refractivity contribution is 6.13. The Balaban J connectivity index is 2.67. The summed E-state index contributed by atoms with van der Waals surface area (Å²) in [4.78, 5) is 0. The zero-order valence-corrected chi connectivity index (χ0v) is 9.25. The summed E-state index contributed by atoms with van der Waals surface area (Å²) in [5.41, 5.74) is 0. The molecule has 0 fully saturated rings. The molecule has 0 atom stereocenters. The molecule has 4 nitrogen and oxygen atoms in total. The lowest BCUT2D eigenvalue weighted by molar-refractivity contribution is 0.405. The van der Waals surface area contributed by atoms with E-state index in [1.54, 1.807) is 24.3 Å². The topological polar surface area (TPSA) is 80.9 Å². The van der Waals surface area contributed by atoms with E-state index in [-0.39, 0.29) is 22.6 Å². The summed E-state index contributed by atoms with van der Waals surface area (Å²) in [5, 5.41) is 40.8. The van der Waals surface area contributed by atoms with E-state index >= 15 is 0 Å². The highest BCUT2D eigenvalue weighted by atomic mass is 16.3. The molecule has 0 saturated heterocycles. The first-order valence-electron chi connectivity index (χ1n) is 5.38. The molecule has 3 aromatic rings. The highest BCUT2D eigenvalue weighted by Crippen LogP contribution is 2.47. The quantitative estimate of drug-likeness (QED) is 0.277. The average Bonchev–Trinajstić information content (AvgIpc) is 2.39. The van der Waals surface area contributed by atoms with Crippen LogP contribution in [-0.2, 0) is 0 Å². The molecule has 0 spiro atoms. The number of hydrogen-bond acceptors (Lipinski definition) is 4. The smallest absolute Gasteiger partial charge is 0.169 e. The standard InChI is InChI=1S/C14H10O4/c15-10-6-5-9-11(14(10)18)13(17)8-4-2-1-3-7(8)12(9)16/h1-6,15-18H. The van der Waals surface area contributed by atoms with Crippen LogP contribution in [0, 0.1) is 0 Å². The SMILES string of the molecule is Oc1ccc2c(O)c3ccccc3c(O)c2c1O. The summed E-state index contributed by atoms with van der Waals surface area (Å²) < 4.78 is 0. The second-order valence-corrected chi connectivity index (χ2v) is 4.10. The molecule has 0 heterocycles. The number of rotatable bonds is 0. The van der Waals surface area contributed by atoms with Gasteiger partial charge in [0.2, 0.25) is 0 Å². The molecule has 0 radical (unpaired) electrons. The second kappa shape index (κ2) is 3.43. The van der Waals surface area contributed by atoms with E-state index < -0.39 is 5.75 Å². The van der Waals surface area contributed by atoms with E-state index in [4.69, 9.17) is 0 Å². The number of fused-ring (bicyclic) bond motifs is 2. The van der Waals surface area contributed by atoms with Crippen LogP contribution in [0.4, 0.5) is 0 Å². The molecule has 18 heavy (non-hydrogen) atoms. The zero-order valence-electron chi connectivity index (χ0n) is 9.25. The minimum Gasteiger partial charge on any atom is -0.507 e. The molecule has 0 saturated carbocycles. The van der Waals surface area contributed by atoms with Gasteiger partial charge < -0.3 is 20.4 Å². The minimum atomic E-state index is -0.439. The Bertz CT molecular complexity index is 778. The summed E-state index contributed by atoms with van der Waals surface area (Å²) in [6, 6.07) is 9.49. The molecule has 4 heteroatoms. The first kappa shape index (κ1) is 10.5. The van der Waals surface area contributed by atoms with Gasteiger partial charge in [-0.15, -0.1) is 0 Å². The predicted molar refractivity (Wildman–Crippen MR) is 68.1 cm³/mol. The summed E-state index contributed by atoms with van der Waals surface area (Å²) >= 11 is 0. The molecule has 0 bridgehead atoms. The molecule has 3 rings (SSSR count). The maximum Gasteiger partial charge on any atom is 0.169 e. The monoisotopic (exact) mass is 242 g/mol. The van der Waals surface area contributed by atoms with Gasteiger partial charge in [0.25, 0.3) is 0 Å². The molecule has 3 aromatic carbocycles. The lowest BCUT2D eigenvalue weighted by atomic mass is 10.00. The van der Waals surface area contributed by atoms with Crippen molar-refractivity contribution in [1.82, 2.24) is 0 Å². The fourth-order valence-corrected chi connectivity index (χ4v) is 2.19. The Kier molecular flexibility index (Phi) is 2.01. The number of phenols is 4. The molecule has 0 unspecified atom stereocenters. The van der Waals surface area contributed by atoms with E-state index in [1.807, 2.05) is 0 Å². The van der Waals surface area contributed by atoms with Crippen LogP contribution >= 0.6 is 0 Å². The third-order valence-corrected chi connectivity index (χ3v) is 3.09. The number of aromatic hydroxyl groups is 4. The second-order valence-electron chi connectivity index (χ2n) is 4.10. The Labute approximate surface area is 102 Å². The van der Waals surface area contributed by atoms with E-state index in [0.29, 0.717) is 16.2 Å². The van der Waals surface area contributed by atoms with Gasteiger partial charge in [-0.3, -0.25) is 0 Å². The van der Waals surface area contributed by atoms with Crippen LogP contribution in [0.3, 0.4) is 0 Å². The fraction of sp³-hybridized carbons (Fsp3) is 0. The minimum absolute atomic E-state index is 0.0336. The van der Waals surface area contributed by atoms with Crippen molar-refractivity contribution in [2.45, 2.75) is 0 Å². The number of phenolic OH excluding ortho intramolecular Hbond substituents is 4. The van der Waals surface area contributed by atoms with E-state index in [1.165, 1.54) is 12.1 Å².